The fraction of sp³-hybridized carbons (Fsp3) is 0.440. The average molecular weight is 509 g/mol. The van der Waals surface area contributed by atoms with Gasteiger partial charge in [-0.15, -0.1) is 0 Å². The smallest absolute Gasteiger partial charge is 0.398 e. The summed E-state index contributed by atoms with van der Waals surface area (Å²) in [6.07, 6.45) is -3.88. The van der Waals surface area contributed by atoms with Crippen LogP contribution in [0.3, 0.4) is 0 Å². The van der Waals surface area contributed by atoms with Crippen molar-refractivity contribution in [3.8, 4) is 0 Å². The van der Waals surface area contributed by atoms with Gasteiger partial charge in [-0.2, -0.15) is 13.2 Å². The summed E-state index contributed by atoms with van der Waals surface area (Å²) in [6.45, 7) is 5.56. The molecule has 2 amide bonds. The Morgan fingerprint density at radius 3 is 2.43 bits per heavy atom. The minimum Gasteiger partial charge on any atom is -0.398 e. The van der Waals surface area contributed by atoms with Gasteiger partial charge in [-0.05, 0) is 61.6 Å². The Morgan fingerprint density at radius 2 is 1.80 bits per heavy atom. The third-order valence-corrected chi connectivity index (χ3v) is 7.24. The molecule has 4 rings (SSSR count). The molecule has 3 N–H and O–H groups in total. The highest BCUT2D eigenvalue weighted by Crippen LogP contribution is 2.37. The Morgan fingerprint density at radius 1 is 1.11 bits per heavy atom. The number of amides is 2. The van der Waals surface area contributed by atoms with Gasteiger partial charge in [-0.3, -0.25) is 9.59 Å². The SMILES string of the molecule is Cc1ccc(C(=O)NCCCN2CC3CN(C(=O)c4c(N)cccc4C(F)(F)F)CC3C2)cc1Cl. The summed E-state index contributed by atoms with van der Waals surface area (Å²) < 4.78 is 40.3. The summed E-state index contributed by atoms with van der Waals surface area (Å²) >= 11 is 6.08. The van der Waals surface area contributed by atoms with E-state index in [1.807, 2.05) is 13.0 Å². The van der Waals surface area contributed by atoms with Crippen molar-refractivity contribution in [2.75, 3.05) is 45.0 Å². The molecule has 2 aliphatic rings. The van der Waals surface area contributed by atoms with Gasteiger partial charge in [-0.25, -0.2) is 0 Å². The molecule has 2 saturated heterocycles. The van der Waals surface area contributed by atoms with Gasteiger partial charge < -0.3 is 20.9 Å². The maximum absolute atomic E-state index is 13.4. The number of hydrogen-bond acceptors (Lipinski definition) is 4. The number of hydrogen-bond donors (Lipinski definition) is 2. The predicted molar refractivity (Wildman–Crippen MR) is 128 cm³/mol. The summed E-state index contributed by atoms with van der Waals surface area (Å²) in [5.41, 5.74) is 5.61. The molecular weight excluding hydrogens is 481 g/mol. The zero-order chi connectivity index (χ0) is 25.3. The first-order valence-electron chi connectivity index (χ1n) is 11.6. The quantitative estimate of drug-likeness (QED) is 0.455. The predicted octanol–water partition coefficient (Wildman–Crippen LogP) is 4.07. The Balaban J connectivity index is 1.25. The van der Waals surface area contributed by atoms with Crippen LogP contribution in [0.1, 0.15) is 38.3 Å². The Bertz CT molecular complexity index is 1110. The molecule has 2 heterocycles. The Labute approximate surface area is 207 Å². The first-order valence-corrected chi connectivity index (χ1v) is 11.9. The second kappa shape index (κ2) is 10.1. The topological polar surface area (TPSA) is 78.7 Å². The molecule has 0 spiro atoms. The minimum atomic E-state index is -4.64. The third kappa shape index (κ3) is 5.56. The molecule has 2 unspecified atom stereocenters. The summed E-state index contributed by atoms with van der Waals surface area (Å²) in [5, 5.41) is 3.46. The number of benzene rings is 2. The third-order valence-electron chi connectivity index (χ3n) is 6.84. The van der Waals surface area contributed by atoms with Gasteiger partial charge in [0.05, 0.1) is 11.1 Å². The van der Waals surface area contributed by atoms with Crippen molar-refractivity contribution >= 4 is 29.1 Å². The van der Waals surface area contributed by atoms with Crippen molar-refractivity contribution in [1.82, 2.24) is 15.1 Å². The number of nitrogens with zero attached hydrogens (tertiary/aromatic N) is 2. The largest absolute Gasteiger partial charge is 0.417 e. The number of rotatable bonds is 6. The molecule has 2 atom stereocenters. The first-order chi connectivity index (χ1) is 16.5. The van der Waals surface area contributed by atoms with Crippen molar-refractivity contribution in [2.24, 2.45) is 11.8 Å². The molecular formula is C25H28ClF3N4O2. The van der Waals surface area contributed by atoms with Crippen molar-refractivity contribution in [3.63, 3.8) is 0 Å². The van der Waals surface area contributed by atoms with Gasteiger partial charge in [0.1, 0.15) is 0 Å². The van der Waals surface area contributed by atoms with E-state index in [4.69, 9.17) is 17.3 Å². The first kappa shape index (κ1) is 25.3. The summed E-state index contributed by atoms with van der Waals surface area (Å²) in [5.74, 6) is -0.405. The second-order valence-corrected chi connectivity index (χ2v) is 9.74. The van der Waals surface area contributed by atoms with Gasteiger partial charge in [0, 0.05) is 49.0 Å². The number of carbonyl (C=O) groups excluding carboxylic acids is 2. The van der Waals surface area contributed by atoms with E-state index < -0.39 is 23.2 Å². The fourth-order valence-electron chi connectivity index (χ4n) is 4.98. The Kier molecular flexibility index (Phi) is 7.28. The number of halogens is 4. The lowest BCUT2D eigenvalue weighted by Gasteiger charge is -2.23. The van der Waals surface area contributed by atoms with Crippen molar-refractivity contribution in [2.45, 2.75) is 19.5 Å². The monoisotopic (exact) mass is 508 g/mol. The van der Waals surface area contributed by atoms with Crippen LogP contribution in [0.5, 0.6) is 0 Å². The van der Waals surface area contributed by atoms with E-state index in [1.54, 1.807) is 12.1 Å². The normalized spacial score (nSPS) is 20.2. The summed E-state index contributed by atoms with van der Waals surface area (Å²) in [4.78, 5) is 29.0. The lowest BCUT2D eigenvalue weighted by atomic mass is 10.0. The number of anilines is 1. The van der Waals surface area contributed by atoms with Gasteiger partial charge >= 0.3 is 6.18 Å². The standard InChI is InChI=1S/C25H28ClF3N4O2/c1-15-6-7-16(10-20(15)26)23(34)31-8-3-9-32-11-17-13-33(14-18(17)12-32)24(35)22-19(25(27,28)29)4-2-5-21(22)30/h2,4-7,10,17-18H,3,8-9,11-14,30H2,1H3,(H,31,34). The molecule has 2 aliphatic heterocycles. The number of carbonyl (C=O) groups is 2. The highest BCUT2D eigenvalue weighted by atomic mass is 35.5. The van der Waals surface area contributed by atoms with Crippen LogP contribution < -0.4 is 11.1 Å². The van der Waals surface area contributed by atoms with E-state index in [0.29, 0.717) is 30.2 Å². The van der Waals surface area contributed by atoms with Crippen molar-refractivity contribution < 1.29 is 22.8 Å². The van der Waals surface area contributed by atoms with Crippen LogP contribution in [0.15, 0.2) is 36.4 Å². The number of nitrogen functional groups attached to an aromatic ring is 1. The molecule has 0 aliphatic carbocycles. The van der Waals surface area contributed by atoms with Crippen LogP contribution in [0.25, 0.3) is 0 Å². The van der Waals surface area contributed by atoms with Crippen molar-refractivity contribution in [3.05, 3.63) is 63.7 Å². The van der Waals surface area contributed by atoms with E-state index in [-0.39, 0.29) is 23.4 Å². The van der Waals surface area contributed by atoms with Gasteiger partial charge in [0.2, 0.25) is 0 Å². The number of nitrogens with one attached hydrogen (secondary N) is 1. The Hall–Kier alpha value is -2.78. The maximum Gasteiger partial charge on any atom is 0.417 e. The number of alkyl halides is 3. The fourth-order valence-corrected chi connectivity index (χ4v) is 5.16. The lowest BCUT2D eigenvalue weighted by Crippen LogP contribution is -2.35. The summed E-state index contributed by atoms with van der Waals surface area (Å²) in [6, 6.07) is 8.64. The number of fused-ring (bicyclic) bond motifs is 1. The van der Waals surface area contributed by atoms with Gasteiger partial charge in [0.15, 0.2) is 0 Å². The highest BCUT2D eigenvalue weighted by molar-refractivity contribution is 6.31. The van der Waals surface area contributed by atoms with E-state index in [1.165, 1.54) is 17.0 Å². The van der Waals surface area contributed by atoms with E-state index >= 15 is 0 Å². The highest BCUT2D eigenvalue weighted by Gasteiger charge is 2.44. The maximum atomic E-state index is 13.4. The summed E-state index contributed by atoms with van der Waals surface area (Å²) in [7, 11) is 0. The molecule has 2 aromatic rings. The zero-order valence-electron chi connectivity index (χ0n) is 19.4. The molecule has 0 radical (unpaired) electrons. The molecule has 0 saturated carbocycles. The lowest BCUT2D eigenvalue weighted by molar-refractivity contribution is -0.138. The van der Waals surface area contributed by atoms with E-state index in [2.05, 4.69) is 10.2 Å². The van der Waals surface area contributed by atoms with Crippen molar-refractivity contribution in [1.29, 1.82) is 0 Å². The van der Waals surface area contributed by atoms with Crippen LogP contribution in [-0.4, -0.2) is 60.9 Å². The van der Waals surface area contributed by atoms with Crippen LogP contribution in [-0.2, 0) is 6.18 Å². The molecule has 0 bridgehead atoms. The van der Waals surface area contributed by atoms with Crippen LogP contribution in [0.4, 0.5) is 18.9 Å². The molecule has 2 fully saturated rings. The second-order valence-electron chi connectivity index (χ2n) is 9.33. The molecule has 188 valence electrons. The molecule has 10 heteroatoms. The molecule has 6 nitrogen and oxygen atoms in total. The van der Waals surface area contributed by atoms with Gasteiger partial charge in [-0.1, -0.05) is 23.7 Å². The number of likely N-dealkylation sites (tertiary alicyclic amines) is 2. The molecule has 35 heavy (non-hydrogen) atoms. The van der Waals surface area contributed by atoms with Crippen LogP contribution in [0.2, 0.25) is 5.02 Å². The minimum absolute atomic E-state index is 0.154. The average Bonchev–Trinajstić information content (AvgIpc) is 3.36. The van der Waals surface area contributed by atoms with E-state index in [0.717, 1.165) is 37.7 Å². The van der Waals surface area contributed by atoms with E-state index in [9.17, 15) is 22.8 Å². The van der Waals surface area contributed by atoms with Gasteiger partial charge in [0.25, 0.3) is 11.8 Å². The number of nitrogens with two attached hydrogens (primary N) is 1. The molecule has 2 aromatic carbocycles. The van der Waals surface area contributed by atoms with Crippen LogP contribution >= 0.6 is 11.6 Å². The zero-order valence-corrected chi connectivity index (χ0v) is 20.1. The van der Waals surface area contributed by atoms with Crippen LogP contribution in [0, 0.1) is 18.8 Å². The number of aryl methyl sites for hydroxylation is 1. The molecule has 0 aromatic heterocycles.